The van der Waals surface area contributed by atoms with Crippen LogP contribution < -0.4 is 10.3 Å². The summed E-state index contributed by atoms with van der Waals surface area (Å²) >= 11 is 0. The van der Waals surface area contributed by atoms with Crippen molar-refractivity contribution in [2.45, 2.75) is 26.8 Å². The Bertz CT molecular complexity index is 884. The van der Waals surface area contributed by atoms with Crippen molar-refractivity contribution >= 4 is 10.9 Å². The number of aryl methyl sites for hydroxylation is 3. The van der Waals surface area contributed by atoms with E-state index in [4.69, 9.17) is 4.74 Å². The molecule has 0 amide bonds. The number of ether oxygens (including phenoxy) is 1. The molecule has 4 heteroatoms. The van der Waals surface area contributed by atoms with Crippen molar-refractivity contribution in [2.75, 3.05) is 6.61 Å². The highest BCUT2D eigenvalue weighted by molar-refractivity contribution is 5.76. The lowest BCUT2D eigenvalue weighted by atomic mass is 10.1. The van der Waals surface area contributed by atoms with E-state index in [2.05, 4.69) is 24.9 Å². The molecule has 118 valence electrons. The van der Waals surface area contributed by atoms with Gasteiger partial charge in [0.25, 0.3) is 5.56 Å². The fourth-order valence-electron chi connectivity index (χ4n) is 2.49. The fraction of sp³-hybridized carbons (Fsp3) is 0.263. The molecule has 0 aliphatic carbocycles. The van der Waals surface area contributed by atoms with Gasteiger partial charge < -0.3 is 4.74 Å². The van der Waals surface area contributed by atoms with E-state index in [0.29, 0.717) is 18.5 Å². The molecule has 4 nitrogen and oxygen atoms in total. The molecule has 0 bridgehead atoms. The summed E-state index contributed by atoms with van der Waals surface area (Å²) in [5, 5.41) is 0.657. The van der Waals surface area contributed by atoms with E-state index in [1.54, 1.807) is 10.9 Å². The van der Waals surface area contributed by atoms with Crippen molar-refractivity contribution in [1.82, 2.24) is 9.55 Å². The van der Waals surface area contributed by atoms with Crippen molar-refractivity contribution < 1.29 is 4.74 Å². The minimum atomic E-state index is 0.00165. The maximum Gasteiger partial charge on any atom is 0.261 e. The molecule has 2 aromatic carbocycles. The summed E-state index contributed by atoms with van der Waals surface area (Å²) in [6.45, 7) is 5.32. The summed E-state index contributed by atoms with van der Waals surface area (Å²) < 4.78 is 7.40. The Balaban J connectivity index is 1.61. The van der Waals surface area contributed by atoms with Gasteiger partial charge >= 0.3 is 0 Å². The highest BCUT2D eigenvalue weighted by Gasteiger charge is 2.03. The molecule has 0 saturated heterocycles. The highest BCUT2D eigenvalue weighted by atomic mass is 16.5. The number of para-hydroxylation sites is 1. The topological polar surface area (TPSA) is 44.1 Å². The lowest BCUT2D eigenvalue weighted by Gasteiger charge is -2.09. The van der Waals surface area contributed by atoms with Crippen LogP contribution in [0.15, 0.2) is 53.6 Å². The first-order valence-corrected chi connectivity index (χ1v) is 7.79. The minimum absolute atomic E-state index is 0.00165. The van der Waals surface area contributed by atoms with Crippen molar-refractivity contribution in [1.29, 1.82) is 0 Å². The van der Waals surface area contributed by atoms with Crippen molar-refractivity contribution in [3.63, 3.8) is 0 Å². The van der Waals surface area contributed by atoms with E-state index in [1.165, 1.54) is 11.1 Å². The molecule has 1 heterocycles. The number of aromatic nitrogens is 2. The zero-order valence-corrected chi connectivity index (χ0v) is 13.5. The van der Waals surface area contributed by atoms with Gasteiger partial charge in [0.05, 0.1) is 23.8 Å². The highest BCUT2D eigenvalue weighted by Crippen LogP contribution is 2.16. The van der Waals surface area contributed by atoms with Crippen LogP contribution in [0.25, 0.3) is 10.9 Å². The Morgan fingerprint density at radius 3 is 2.74 bits per heavy atom. The Morgan fingerprint density at radius 2 is 1.91 bits per heavy atom. The average molecular weight is 308 g/mol. The maximum absolute atomic E-state index is 12.4. The summed E-state index contributed by atoms with van der Waals surface area (Å²) in [7, 11) is 0. The SMILES string of the molecule is Cc1ccc(OCCCn2cnc3ccccc3c2=O)cc1C. The van der Waals surface area contributed by atoms with Crippen LogP contribution in [0.5, 0.6) is 5.75 Å². The summed E-state index contributed by atoms with van der Waals surface area (Å²) in [4.78, 5) is 16.7. The lowest BCUT2D eigenvalue weighted by molar-refractivity contribution is 0.300. The van der Waals surface area contributed by atoms with Gasteiger partial charge in [0.1, 0.15) is 5.75 Å². The van der Waals surface area contributed by atoms with E-state index in [-0.39, 0.29) is 5.56 Å². The number of nitrogens with zero attached hydrogens (tertiary/aromatic N) is 2. The maximum atomic E-state index is 12.4. The zero-order valence-electron chi connectivity index (χ0n) is 13.5. The lowest BCUT2D eigenvalue weighted by Crippen LogP contribution is -2.21. The van der Waals surface area contributed by atoms with Gasteiger partial charge in [-0.25, -0.2) is 4.98 Å². The molecule has 3 aromatic rings. The van der Waals surface area contributed by atoms with Gasteiger partial charge in [-0.2, -0.15) is 0 Å². The summed E-state index contributed by atoms with van der Waals surface area (Å²) in [6.07, 6.45) is 2.37. The molecule has 0 radical (unpaired) electrons. The predicted octanol–water partition coefficient (Wildman–Crippen LogP) is 3.48. The molecule has 23 heavy (non-hydrogen) atoms. The Kier molecular flexibility index (Phi) is 4.42. The molecular formula is C19H20N2O2. The molecule has 1 aromatic heterocycles. The van der Waals surface area contributed by atoms with Crippen molar-refractivity contribution in [3.8, 4) is 5.75 Å². The van der Waals surface area contributed by atoms with E-state index >= 15 is 0 Å². The monoisotopic (exact) mass is 308 g/mol. The third-order valence-electron chi connectivity index (χ3n) is 4.02. The number of benzene rings is 2. The van der Waals surface area contributed by atoms with Gasteiger partial charge in [0, 0.05) is 6.54 Å². The van der Waals surface area contributed by atoms with Crippen LogP contribution in [0.4, 0.5) is 0 Å². The van der Waals surface area contributed by atoms with Crippen LogP contribution in [-0.4, -0.2) is 16.2 Å². The van der Waals surface area contributed by atoms with Crippen molar-refractivity contribution in [2.24, 2.45) is 0 Å². The first kappa shape index (κ1) is 15.3. The Morgan fingerprint density at radius 1 is 1.09 bits per heavy atom. The standard InChI is InChI=1S/C19H20N2O2/c1-14-8-9-16(12-15(14)2)23-11-5-10-21-13-20-18-7-4-3-6-17(18)19(21)22/h3-4,6-9,12-13H,5,10-11H2,1-2H3. The molecule has 0 spiro atoms. The smallest absolute Gasteiger partial charge is 0.261 e. The average Bonchev–Trinajstić information content (AvgIpc) is 2.57. The van der Waals surface area contributed by atoms with Crippen LogP contribution in [0.3, 0.4) is 0 Å². The van der Waals surface area contributed by atoms with Crippen molar-refractivity contribution in [3.05, 3.63) is 70.3 Å². The van der Waals surface area contributed by atoms with Crippen LogP contribution in [0, 0.1) is 13.8 Å². The second-order valence-corrected chi connectivity index (χ2v) is 5.71. The van der Waals surface area contributed by atoms with Gasteiger partial charge in [-0.05, 0) is 55.7 Å². The van der Waals surface area contributed by atoms with Crippen LogP contribution >= 0.6 is 0 Å². The second kappa shape index (κ2) is 6.65. The van der Waals surface area contributed by atoms with E-state index < -0.39 is 0 Å². The number of hydrogen-bond acceptors (Lipinski definition) is 3. The summed E-state index contributed by atoms with van der Waals surface area (Å²) in [5.41, 5.74) is 3.21. The number of rotatable bonds is 5. The van der Waals surface area contributed by atoms with Gasteiger partial charge in [-0.15, -0.1) is 0 Å². The largest absolute Gasteiger partial charge is 0.494 e. The van der Waals surface area contributed by atoms with Crippen LogP contribution in [-0.2, 0) is 6.54 Å². The third-order valence-corrected chi connectivity index (χ3v) is 4.02. The number of fused-ring (bicyclic) bond motifs is 1. The molecule has 0 aliphatic rings. The van der Waals surface area contributed by atoms with Crippen LogP contribution in [0.2, 0.25) is 0 Å². The molecule has 0 fully saturated rings. The minimum Gasteiger partial charge on any atom is -0.494 e. The molecule has 0 N–H and O–H groups in total. The van der Waals surface area contributed by atoms with E-state index in [1.807, 2.05) is 36.4 Å². The van der Waals surface area contributed by atoms with E-state index in [0.717, 1.165) is 17.7 Å². The Labute approximate surface area is 135 Å². The summed E-state index contributed by atoms with van der Waals surface area (Å²) in [5.74, 6) is 0.872. The van der Waals surface area contributed by atoms with Gasteiger partial charge in [0.15, 0.2) is 0 Å². The quantitative estimate of drug-likeness (QED) is 0.678. The molecular weight excluding hydrogens is 288 g/mol. The normalized spacial score (nSPS) is 10.9. The fourth-order valence-corrected chi connectivity index (χ4v) is 2.49. The van der Waals surface area contributed by atoms with Crippen LogP contribution in [0.1, 0.15) is 17.5 Å². The molecule has 0 atom stereocenters. The molecule has 0 unspecified atom stereocenters. The van der Waals surface area contributed by atoms with Gasteiger partial charge in [-0.3, -0.25) is 9.36 Å². The first-order chi connectivity index (χ1) is 11.1. The molecule has 0 aliphatic heterocycles. The molecule has 0 saturated carbocycles. The summed E-state index contributed by atoms with van der Waals surface area (Å²) in [6, 6.07) is 13.5. The van der Waals surface area contributed by atoms with Gasteiger partial charge in [0.2, 0.25) is 0 Å². The first-order valence-electron chi connectivity index (χ1n) is 7.79. The number of hydrogen-bond donors (Lipinski definition) is 0. The second-order valence-electron chi connectivity index (χ2n) is 5.71. The molecule has 3 rings (SSSR count). The Hall–Kier alpha value is -2.62. The predicted molar refractivity (Wildman–Crippen MR) is 92.0 cm³/mol. The van der Waals surface area contributed by atoms with E-state index in [9.17, 15) is 4.79 Å². The zero-order chi connectivity index (χ0) is 16.2. The third kappa shape index (κ3) is 3.42. The van der Waals surface area contributed by atoms with Gasteiger partial charge in [-0.1, -0.05) is 18.2 Å².